The third-order valence-corrected chi connectivity index (χ3v) is 5.31. The van der Waals surface area contributed by atoms with Crippen LogP contribution in [0.1, 0.15) is 63.6 Å². The molecule has 2 heterocycles. The van der Waals surface area contributed by atoms with Gasteiger partial charge in [0.2, 0.25) is 5.89 Å². The Morgan fingerprint density at radius 3 is 2.48 bits per heavy atom. The number of nitrogens with zero attached hydrogens (tertiary/aromatic N) is 5. The highest BCUT2D eigenvalue weighted by atomic mass is 32.2. The number of aryl methyl sites for hydroxylation is 1. The zero-order valence-electron chi connectivity index (χ0n) is 17.8. The fourth-order valence-electron chi connectivity index (χ4n) is 2.74. The highest BCUT2D eigenvalue weighted by Crippen LogP contribution is 2.24. The predicted molar refractivity (Wildman–Crippen MR) is 113 cm³/mol. The molecule has 2 aromatic heterocycles. The lowest BCUT2D eigenvalue weighted by Gasteiger charge is -2.13. The molecule has 0 aliphatic heterocycles. The van der Waals surface area contributed by atoms with Crippen molar-refractivity contribution in [2.24, 2.45) is 5.92 Å². The summed E-state index contributed by atoms with van der Waals surface area (Å²) < 4.78 is 13.4. The van der Waals surface area contributed by atoms with Crippen molar-refractivity contribution in [3.63, 3.8) is 0 Å². The highest BCUT2D eigenvalue weighted by Gasteiger charge is 2.16. The van der Waals surface area contributed by atoms with E-state index in [1.807, 2.05) is 26.0 Å². The number of aromatic nitrogens is 5. The molecule has 0 radical (unpaired) electrons. The molecule has 7 nitrogen and oxygen atoms in total. The maximum Gasteiger partial charge on any atom is 0.229 e. The summed E-state index contributed by atoms with van der Waals surface area (Å²) in [5, 5.41) is 13.6. The summed E-state index contributed by atoms with van der Waals surface area (Å²) in [7, 11) is 0. The second kappa shape index (κ2) is 9.91. The molecular weight excluding hydrogens is 386 g/mol. The van der Waals surface area contributed by atoms with E-state index in [0.717, 1.165) is 29.7 Å². The summed E-state index contributed by atoms with van der Waals surface area (Å²) in [4.78, 5) is 4.43. The quantitative estimate of drug-likeness (QED) is 0.437. The van der Waals surface area contributed by atoms with Crippen molar-refractivity contribution in [1.82, 2.24) is 24.9 Å². The molecule has 3 rings (SSSR count). The van der Waals surface area contributed by atoms with Gasteiger partial charge in [0.1, 0.15) is 12.4 Å². The molecule has 0 fully saturated rings. The van der Waals surface area contributed by atoms with Gasteiger partial charge in [-0.1, -0.05) is 63.7 Å². The van der Waals surface area contributed by atoms with Gasteiger partial charge in [-0.3, -0.25) is 0 Å². The molecule has 0 amide bonds. The Labute approximate surface area is 176 Å². The van der Waals surface area contributed by atoms with Crippen LogP contribution in [-0.2, 0) is 25.3 Å². The van der Waals surface area contributed by atoms with Crippen molar-refractivity contribution in [3.05, 3.63) is 47.4 Å². The molecule has 8 heteroatoms. The van der Waals surface area contributed by atoms with Crippen molar-refractivity contribution in [2.45, 2.75) is 71.0 Å². The molecule has 0 aliphatic carbocycles. The topological polar surface area (TPSA) is 78.9 Å². The van der Waals surface area contributed by atoms with E-state index in [2.05, 4.69) is 57.8 Å². The zero-order chi connectivity index (χ0) is 20.8. The molecule has 1 aromatic carbocycles. The first-order valence-electron chi connectivity index (χ1n) is 10.0. The lowest BCUT2D eigenvalue weighted by Crippen LogP contribution is -2.12. The van der Waals surface area contributed by atoms with Crippen molar-refractivity contribution >= 4 is 11.8 Å². The third kappa shape index (κ3) is 5.82. The maximum atomic E-state index is 5.95. The summed E-state index contributed by atoms with van der Waals surface area (Å²) in [6.45, 7) is 11.8. The third-order valence-electron chi connectivity index (χ3n) is 4.35. The first-order chi connectivity index (χ1) is 14.0. The minimum absolute atomic E-state index is 0.223. The lowest BCUT2D eigenvalue weighted by atomic mass is 10.2. The molecule has 0 saturated carbocycles. The Morgan fingerprint density at radius 1 is 1.10 bits per heavy atom. The summed E-state index contributed by atoms with van der Waals surface area (Å²) in [5.74, 6) is 4.26. The van der Waals surface area contributed by atoms with Crippen molar-refractivity contribution in [3.8, 4) is 5.75 Å². The first kappa shape index (κ1) is 21.4. The van der Waals surface area contributed by atoms with Crippen molar-refractivity contribution < 1.29 is 9.26 Å². The van der Waals surface area contributed by atoms with Gasteiger partial charge in [0, 0.05) is 12.5 Å². The van der Waals surface area contributed by atoms with Gasteiger partial charge < -0.3 is 13.8 Å². The molecular formula is C21H29N5O2S. The van der Waals surface area contributed by atoms with E-state index in [1.54, 1.807) is 11.8 Å². The zero-order valence-corrected chi connectivity index (χ0v) is 18.6. The summed E-state index contributed by atoms with van der Waals surface area (Å²) in [6.07, 6.45) is 1.02. The standard InChI is InChI=1S/C21H29N5O2S/c1-6-16-7-9-17(10-8-16)27-12-19-23-24-21(26(19)11-14(2)3)29-13-18-22-20(15(4)5)28-25-18/h7-10,14-15H,6,11-13H2,1-5H3. The maximum absolute atomic E-state index is 5.95. The predicted octanol–water partition coefficient (Wildman–Crippen LogP) is 4.87. The van der Waals surface area contributed by atoms with E-state index in [9.17, 15) is 0 Å². The van der Waals surface area contributed by atoms with E-state index in [0.29, 0.717) is 30.0 Å². The van der Waals surface area contributed by atoms with E-state index in [1.165, 1.54) is 5.56 Å². The average Bonchev–Trinajstić information content (AvgIpc) is 3.32. The van der Waals surface area contributed by atoms with Crippen LogP contribution in [0.5, 0.6) is 5.75 Å². The Kier molecular flexibility index (Phi) is 7.30. The monoisotopic (exact) mass is 415 g/mol. The minimum Gasteiger partial charge on any atom is -0.486 e. The molecule has 29 heavy (non-hydrogen) atoms. The number of ether oxygens (including phenoxy) is 1. The molecule has 156 valence electrons. The number of hydrogen-bond donors (Lipinski definition) is 0. The van der Waals surface area contributed by atoms with Crippen LogP contribution in [0.25, 0.3) is 0 Å². The summed E-state index contributed by atoms with van der Waals surface area (Å²) in [5.41, 5.74) is 1.29. The Balaban J connectivity index is 1.67. The molecule has 0 saturated heterocycles. The van der Waals surface area contributed by atoms with Crippen LogP contribution in [0.3, 0.4) is 0 Å². The minimum atomic E-state index is 0.223. The molecule has 0 atom stereocenters. The van der Waals surface area contributed by atoms with Crippen molar-refractivity contribution in [2.75, 3.05) is 0 Å². The van der Waals surface area contributed by atoms with Crippen molar-refractivity contribution in [1.29, 1.82) is 0 Å². The van der Waals surface area contributed by atoms with Gasteiger partial charge in [-0.15, -0.1) is 10.2 Å². The lowest BCUT2D eigenvalue weighted by molar-refractivity contribution is 0.284. The molecule has 0 unspecified atom stereocenters. The summed E-state index contributed by atoms with van der Waals surface area (Å²) in [6, 6.07) is 8.18. The van der Waals surface area contributed by atoms with Crippen LogP contribution in [0.4, 0.5) is 0 Å². The highest BCUT2D eigenvalue weighted by molar-refractivity contribution is 7.98. The number of benzene rings is 1. The average molecular weight is 416 g/mol. The van der Waals surface area contributed by atoms with Crippen LogP contribution in [0.2, 0.25) is 0 Å². The number of thioether (sulfide) groups is 1. The van der Waals surface area contributed by atoms with Gasteiger partial charge >= 0.3 is 0 Å². The van der Waals surface area contributed by atoms with Crippen LogP contribution in [-0.4, -0.2) is 24.9 Å². The van der Waals surface area contributed by atoms with Gasteiger partial charge in [-0.2, -0.15) is 4.98 Å². The molecule has 0 N–H and O–H groups in total. The first-order valence-corrected chi connectivity index (χ1v) is 11.0. The second-order valence-electron chi connectivity index (χ2n) is 7.68. The molecule has 0 aliphatic rings. The van der Waals surface area contributed by atoms with Gasteiger partial charge in [-0.25, -0.2) is 0 Å². The number of hydrogen-bond acceptors (Lipinski definition) is 7. The van der Waals surface area contributed by atoms with Gasteiger partial charge in [0.25, 0.3) is 0 Å². The Hall–Kier alpha value is -2.35. The van der Waals surface area contributed by atoms with E-state index in [-0.39, 0.29) is 5.92 Å². The van der Waals surface area contributed by atoms with E-state index < -0.39 is 0 Å². The van der Waals surface area contributed by atoms with Crippen LogP contribution < -0.4 is 4.74 Å². The largest absolute Gasteiger partial charge is 0.486 e. The summed E-state index contributed by atoms with van der Waals surface area (Å²) >= 11 is 1.56. The number of rotatable bonds is 10. The normalized spacial score (nSPS) is 11.6. The van der Waals surface area contributed by atoms with Gasteiger partial charge in [0.15, 0.2) is 16.8 Å². The van der Waals surface area contributed by atoms with E-state index >= 15 is 0 Å². The fourth-order valence-corrected chi connectivity index (χ4v) is 3.55. The smallest absolute Gasteiger partial charge is 0.229 e. The molecule has 3 aromatic rings. The van der Waals surface area contributed by atoms with Gasteiger partial charge in [0.05, 0.1) is 5.75 Å². The molecule has 0 spiro atoms. The van der Waals surface area contributed by atoms with Crippen LogP contribution in [0.15, 0.2) is 33.9 Å². The Morgan fingerprint density at radius 2 is 1.86 bits per heavy atom. The van der Waals surface area contributed by atoms with E-state index in [4.69, 9.17) is 9.26 Å². The van der Waals surface area contributed by atoms with Crippen LogP contribution >= 0.6 is 11.8 Å². The fraction of sp³-hybridized carbons (Fsp3) is 0.524. The Bertz CT molecular complexity index is 902. The SMILES string of the molecule is CCc1ccc(OCc2nnc(SCc3noc(C(C)C)n3)n2CC(C)C)cc1. The molecule has 0 bridgehead atoms. The van der Waals surface area contributed by atoms with Gasteiger partial charge in [-0.05, 0) is 30.0 Å². The van der Waals surface area contributed by atoms with Crippen LogP contribution in [0, 0.1) is 5.92 Å². The second-order valence-corrected chi connectivity index (χ2v) is 8.62.